The van der Waals surface area contributed by atoms with Gasteiger partial charge in [0.15, 0.2) is 0 Å². The van der Waals surface area contributed by atoms with Crippen molar-refractivity contribution in [1.82, 2.24) is 5.32 Å². The molecule has 0 bridgehead atoms. The molecule has 0 aliphatic heterocycles. The number of nitrogens with two attached hydrogens (primary N) is 2. The number of rotatable bonds is 7. The van der Waals surface area contributed by atoms with Gasteiger partial charge in [-0.05, 0) is 23.5 Å². The molecule has 4 nitrogen and oxygen atoms in total. The van der Waals surface area contributed by atoms with Crippen LogP contribution in [0, 0.1) is 0 Å². The monoisotopic (exact) mass is 277 g/mol. The van der Waals surface area contributed by atoms with Crippen LogP contribution in [0.5, 0.6) is 0 Å². The van der Waals surface area contributed by atoms with Gasteiger partial charge in [-0.3, -0.25) is 4.79 Å². The molecule has 4 heteroatoms. The van der Waals surface area contributed by atoms with Gasteiger partial charge in [0.1, 0.15) is 0 Å². The van der Waals surface area contributed by atoms with Gasteiger partial charge in [-0.15, -0.1) is 0 Å². The second-order valence-electron chi connectivity index (χ2n) is 5.57. The lowest BCUT2D eigenvalue weighted by atomic mass is 9.99. The van der Waals surface area contributed by atoms with Crippen molar-refractivity contribution in [1.29, 1.82) is 0 Å². The summed E-state index contributed by atoms with van der Waals surface area (Å²) < 4.78 is 0. The fourth-order valence-electron chi connectivity index (χ4n) is 2.03. The average molecular weight is 277 g/mol. The van der Waals surface area contributed by atoms with E-state index in [4.69, 9.17) is 11.5 Å². The maximum absolute atomic E-state index is 11.7. The summed E-state index contributed by atoms with van der Waals surface area (Å²) in [5.74, 6) is 0.383. The smallest absolute Gasteiger partial charge is 0.236 e. The molecular weight excluding hydrogens is 250 g/mol. The van der Waals surface area contributed by atoms with Crippen LogP contribution in [0.3, 0.4) is 0 Å². The van der Waals surface area contributed by atoms with Crippen LogP contribution in [-0.2, 0) is 4.79 Å². The fraction of sp³-hybridized carbons (Fsp3) is 0.562. The molecule has 0 aliphatic rings. The lowest BCUT2D eigenvalue weighted by molar-refractivity contribution is -0.122. The van der Waals surface area contributed by atoms with Crippen LogP contribution in [0.25, 0.3) is 0 Å². The average Bonchev–Trinajstić information content (AvgIpc) is 2.44. The molecule has 1 rings (SSSR count). The van der Waals surface area contributed by atoms with Crippen molar-refractivity contribution in [2.45, 2.75) is 51.6 Å². The number of benzene rings is 1. The van der Waals surface area contributed by atoms with Crippen LogP contribution in [-0.4, -0.2) is 18.5 Å². The molecule has 0 spiro atoms. The van der Waals surface area contributed by atoms with E-state index in [1.54, 1.807) is 0 Å². The highest BCUT2D eigenvalue weighted by Gasteiger charge is 2.14. The van der Waals surface area contributed by atoms with Gasteiger partial charge in [-0.25, -0.2) is 0 Å². The third kappa shape index (κ3) is 4.94. The molecule has 2 atom stereocenters. The Hall–Kier alpha value is -1.39. The van der Waals surface area contributed by atoms with Crippen molar-refractivity contribution in [3.8, 4) is 0 Å². The van der Waals surface area contributed by atoms with Crippen LogP contribution >= 0.6 is 0 Å². The maximum atomic E-state index is 11.7. The van der Waals surface area contributed by atoms with E-state index in [2.05, 4.69) is 31.3 Å². The van der Waals surface area contributed by atoms with Gasteiger partial charge in [-0.2, -0.15) is 0 Å². The minimum Gasteiger partial charge on any atom is -0.353 e. The Morgan fingerprint density at radius 1 is 1.15 bits per heavy atom. The van der Waals surface area contributed by atoms with E-state index < -0.39 is 6.04 Å². The van der Waals surface area contributed by atoms with Gasteiger partial charge < -0.3 is 16.8 Å². The molecule has 1 amide bonds. The summed E-state index contributed by atoms with van der Waals surface area (Å²) in [6.45, 7) is 6.74. The topological polar surface area (TPSA) is 81.1 Å². The van der Waals surface area contributed by atoms with Crippen molar-refractivity contribution in [2.24, 2.45) is 11.5 Å². The number of hydrogen-bond donors (Lipinski definition) is 3. The number of hydrogen-bond acceptors (Lipinski definition) is 3. The number of carbonyl (C=O) groups excluding carboxylic acids is 1. The van der Waals surface area contributed by atoms with E-state index in [9.17, 15) is 4.79 Å². The van der Waals surface area contributed by atoms with Gasteiger partial charge in [0, 0.05) is 12.6 Å². The van der Waals surface area contributed by atoms with Crippen LogP contribution in [0.15, 0.2) is 24.3 Å². The third-order valence-electron chi connectivity index (χ3n) is 3.46. The highest BCUT2D eigenvalue weighted by molar-refractivity contribution is 5.81. The summed E-state index contributed by atoms with van der Waals surface area (Å²) in [4.78, 5) is 11.7. The number of nitrogens with one attached hydrogen (secondary N) is 1. The largest absolute Gasteiger partial charge is 0.353 e. The SMILES string of the molecule is CCCC(N)C(=O)NCC(N)c1ccc(C(C)C)cc1. The molecule has 0 fully saturated rings. The zero-order chi connectivity index (χ0) is 15.1. The molecule has 1 aromatic carbocycles. The molecule has 5 N–H and O–H groups in total. The molecule has 0 aliphatic carbocycles. The molecule has 0 saturated carbocycles. The third-order valence-corrected chi connectivity index (χ3v) is 3.46. The summed E-state index contributed by atoms with van der Waals surface area (Å²) in [6, 6.07) is 7.59. The number of carbonyl (C=O) groups is 1. The second-order valence-corrected chi connectivity index (χ2v) is 5.57. The number of amides is 1. The van der Waals surface area contributed by atoms with Crippen molar-refractivity contribution in [3.63, 3.8) is 0 Å². The zero-order valence-electron chi connectivity index (χ0n) is 12.7. The van der Waals surface area contributed by atoms with E-state index in [-0.39, 0.29) is 11.9 Å². The summed E-state index contributed by atoms with van der Waals surface area (Å²) in [6.07, 6.45) is 1.60. The van der Waals surface area contributed by atoms with Gasteiger partial charge in [0.25, 0.3) is 0 Å². The molecule has 0 radical (unpaired) electrons. The van der Waals surface area contributed by atoms with E-state index >= 15 is 0 Å². The van der Waals surface area contributed by atoms with E-state index in [1.807, 2.05) is 19.1 Å². The van der Waals surface area contributed by atoms with E-state index in [1.165, 1.54) is 5.56 Å². The first kappa shape index (κ1) is 16.7. The van der Waals surface area contributed by atoms with Crippen LogP contribution in [0.2, 0.25) is 0 Å². The first-order valence-corrected chi connectivity index (χ1v) is 7.34. The van der Waals surface area contributed by atoms with Gasteiger partial charge >= 0.3 is 0 Å². The standard InChI is InChI=1S/C16H27N3O/c1-4-5-14(17)16(20)19-10-15(18)13-8-6-12(7-9-13)11(2)3/h6-9,11,14-15H,4-5,10,17-18H2,1-3H3,(H,19,20). The minimum atomic E-state index is -0.435. The van der Waals surface area contributed by atoms with E-state index in [0.717, 1.165) is 12.0 Å². The second kappa shape index (κ2) is 8.02. The molecule has 112 valence electrons. The molecule has 0 saturated heterocycles. The molecule has 1 aromatic rings. The Morgan fingerprint density at radius 3 is 2.20 bits per heavy atom. The first-order valence-electron chi connectivity index (χ1n) is 7.34. The zero-order valence-corrected chi connectivity index (χ0v) is 12.7. The van der Waals surface area contributed by atoms with Crippen molar-refractivity contribution in [2.75, 3.05) is 6.54 Å². The summed E-state index contributed by atoms with van der Waals surface area (Å²) in [7, 11) is 0. The first-order chi connectivity index (χ1) is 9.45. The summed E-state index contributed by atoms with van der Waals surface area (Å²) >= 11 is 0. The van der Waals surface area contributed by atoms with Gasteiger partial charge in [0.05, 0.1) is 6.04 Å². The lowest BCUT2D eigenvalue weighted by Gasteiger charge is -2.16. The molecule has 0 heterocycles. The fourth-order valence-corrected chi connectivity index (χ4v) is 2.03. The lowest BCUT2D eigenvalue weighted by Crippen LogP contribution is -2.43. The highest BCUT2D eigenvalue weighted by atomic mass is 16.2. The van der Waals surface area contributed by atoms with Gasteiger partial charge in [0.2, 0.25) is 5.91 Å². The predicted octanol–water partition coefficient (Wildman–Crippen LogP) is 2.05. The van der Waals surface area contributed by atoms with Crippen LogP contribution in [0.4, 0.5) is 0 Å². The van der Waals surface area contributed by atoms with Crippen molar-refractivity contribution >= 4 is 5.91 Å². The van der Waals surface area contributed by atoms with Crippen LogP contribution < -0.4 is 16.8 Å². The minimum absolute atomic E-state index is 0.124. The Kier molecular flexibility index (Phi) is 6.68. The van der Waals surface area contributed by atoms with Gasteiger partial charge in [-0.1, -0.05) is 51.5 Å². The molecule has 0 aromatic heterocycles. The van der Waals surface area contributed by atoms with E-state index in [0.29, 0.717) is 18.9 Å². The van der Waals surface area contributed by atoms with Crippen LogP contribution in [0.1, 0.15) is 56.7 Å². The Bertz CT molecular complexity index is 414. The highest BCUT2D eigenvalue weighted by Crippen LogP contribution is 2.17. The Morgan fingerprint density at radius 2 is 1.70 bits per heavy atom. The summed E-state index contributed by atoms with van der Waals surface area (Å²) in [5.41, 5.74) is 14.2. The summed E-state index contributed by atoms with van der Waals surface area (Å²) in [5, 5.41) is 2.81. The maximum Gasteiger partial charge on any atom is 0.236 e. The Balaban J connectivity index is 2.50. The molecule has 20 heavy (non-hydrogen) atoms. The van der Waals surface area contributed by atoms with Crippen molar-refractivity contribution < 1.29 is 4.79 Å². The normalized spacial score (nSPS) is 14.1. The Labute approximate surface area is 121 Å². The van der Waals surface area contributed by atoms with Crippen molar-refractivity contribution in [3.05, 3.63) is 35.4 Å². The quantitative estimate of drug-likeness (QED) is 0.713. The molecular formula is C16H27N3O. The predicted molar refractivity (Wildman–Crippen MR) is 83.4 cm³/mol. The molecule has 2 unspecified atom stereocenters.